The molecule has 29 heavy (non-hydrogen) atoms. The van der Waals surface area contributed by atoms with Crippen LogP contribution in [0.25, 0.3) is 0 Å². The van der Waals surface area contributed by atoms with E-state index in [9.17, 15) is 18.4 Å². The van der Waals surface area contributed by atoms with Crippen LogP contribution < -0.4 is 0 Å². The Balaban J connectivity index is 0. The van der Waals surface area contributed by atoms with E-state index in [1.54, 1.807) is 18.2 Å². The molecule has 0 aliphatic carbocycles. The first-order valence-electron chi connectivity index (χ1n) is 8.73. The van der Waals surface area contributed by atoms with Crippen molar-refractivity contribution in [3.63, 3.8) is 0 Å². The lowest BCUT2D eigenvalue weighted by Crippen LogP contribution is -1.97. The van der Waals surface area contributed by atoms with Gasteiger partial charge in [0.15, 0.2) is 5.78 Å². The number of hydrogen-bond donors (Lipinski definition) is 0. The van der Waals surface area contributed by atoms with Crippen molar-refractivity contribution in [1.82, 2.24) is 0 Å². The predicted octanol–water partition coefficient (Wildman–Crippen LogP) is 7.87. The summed E-state index contributed by atoms with van der Waals surface area (Å²) < 4.78 is 24.3. The molecule has 2 nitrogen and oxygen atoms in total. The molecule has 0 aromatic heterocycles. The molecule has 0 atom stereocenters. The molecule has 160 valence electrons. The fourth-order valence-electron chi connectivity index (χ4n) is 1.62. The number of hydrogen-bond acceptors (Lipinski definition) is 2. The summed E-state index contributed by atoms with van der Waals surface area (Å²) in [4.78, 5) is 21.0. The third kappa shape index (κ3) is 23.5. The van der Waals surface area contributed by atoms with E-state index in [4.69, 9.17) is 41.7 Å². The highest BCUT2D eigenvalue weighted by atomic mass is 35.8. The maximum Gasteiger partial charge on any atom is 0.643 e. The second-order valence-corrected chi connectivity index (χ2v) is 12.2. The van der Waals surface area contributed by atoms with Gasteiger partial charge in [-0.2, -0.15) is 0 Å². The van der Waals surface area contributed by atoms with Gasteiger partial charge >= 0.3 is 11.4 Å². The van der Waals surface area contributed by atoms with Crippen molar-refractivity contribution in [1.29, 1.82) is 0 Å². The monoisotopic (exact) mass is 500 g/mol. The molecule has 2 rings (SSSR count). The zero-order valence-corrected chi connectivity index (χ0v) is 20.4. The molecule has 0 heterocycles. The van der Waals surface area contributed by atoms with Gasteiger partial charge in [-0.1, -0.05) is 32.0 Å². The molecular formula is C20H23AlCl4F2O2. The second-order valence-electron chi connectivity index (χ2n) is 5.33. The molecule has 9 heteroatoms. The Bertz CT molecular complexity index is 669. The molecule has 0 bridgehead atoms. The lowest BCUT2D eigenvalue weighted by molar-refractivity contribution is -0.111. The number of Topliss-reactive ketones (excluding diaryl/α,β-unsaturated/α-hetero) is 1. The van der Waals surface area contributed by atoms with Crippen molar-refractivity contribution in [2.75, 3.05) is 0 Å². The van der Waals surface area contributed by atoms with E-state index in [0.29, 0.717) is 18.4 Å². The van der Waals surface area contributed by atoms with E-state index >= 15 is 0 Å². The Morgan fingerprint density at radius 2 is 1.21 bits per heavy atom. The van der Waals surface area contributed by atoms with Gasteiger partial charge in [0.1, 0.15) is 11.6 Å². The molecule has 0 fully saturated rings. The third-order valence-corrected chi connectivity index (χ3v) is 3.01. The molecular weight excluding hydrogens is 479 g/mol. The summed E-state index contributed by atoms with van der Waals surface area (Å²) >= 11 is 3.22. The molecule has 0 amide bonds. The van der Waals surface area contributed by atoms with Crippen LogP contribution in [0.5, 0.6) is 0 Å². The van der Waals surface area contributed by atoms with Crippen LogP contribution in [-0.4, -0.2) is 22.4 Å². The van der Waals surface area contributed by atoms with Gasteiger partial charge < -0.3 is 0 Å². The average Bonchev–Trinajstić information content (AvgIpc) is 2.63. The quantitative estimate of drug-likeness (QED) is 0.237. The van der Waals surface area contributed by atoms with Crippen LogP contribution in [0.2, 0.25) is 0 Å². The smallest absolute Gasteiger partial charge is 0.294 e. The van der Waals surface area contributed by atoms with E-state index in [1.165, 1.54) is 36.4 Å². The van der Waals surface area contributed by atoms with Crippen LogP contribution in [-0.2, 0) is 4.79 Å². The highest BCUT2D eigenvalue weighted by Crippen LogP contribution is 2.06. The second kappa shape index (κ2) is 20.6. The topological polar surface area (TPSA) is 34.1 Å². The van der Waals surface area contributed by atoms with Gasteiger partial charge in [-0.25, -0.2) is 38.9 Å². The molecule has 0 spiro atoms. The van der Waals surface area contributed by atoms with Gasteiger partial charge in [-0.3, -0.25) is 9.59 Å². The van der Waals surface area contributed by atoms with Gasteiger partial charge in [0.05, 0.1) is 0 Å². The van der Waals surface area contributed by atoms with Gasteiger partial charge in [0.25, 0.3) is 0 Å². The predicted molar refractivity (Wildman–Crippen MR) is 121 cm³/mol. The van der Waals surface area contributed by atoms with Crippen molar-refractivity contribution in [2.45, 2.75) is 39.5 Å². The number of benzene rings is 2. The molecule has 0 radical (unpaired) electrons. The average molecular weight is 502 g/mol. The molecule has 0 aliphatic rings. The Labute approximate surface area is 193 Å². The van der Waals surface area contributed by atoms with Crippen LogP contribution in [0.4, 0.5) is 8.78 Å². The Kier molecular flexibility index (Phi) is 21.7. The Morgan fingerprint density at radius 1 is 0.793 bits per heavy atom. The molecule has 0 unspecified atom stereocenters. The van der Waals surface area contributed by atoms with Gasteiger partial charge in [-0.05, 0) is 60.8 Å². The molecule has 0 saturated heterocycles. The fraction of sp³-hybridized carbons (Fsp3) is 0.300. The van der Waals surface area contributed by atoms with Crippen LogP contribution in [0, 0.1) is 11.6 Å². The van der Waals surface area contributed by atoms with E-state index in [0.717, 1.165) is 12.8 Å². The number of rotatable bonds is 5. The van der Waals surface area contributed by atoms with E-state index < -0.39 is 11.4 Å². The lowest BCUT2D eigenvalue weighted by atomic mass is 10.1. The van der Waals surface area contributed by atoms with Crippen molar-refractivity contribution >= 4 is 64.2 Å². The number of carbonyl (C=O) groups is 2. The minimum absolute atomic E-state index is 0.0810. The summed E-state index contributed by atoms with van der Waals surface area (Å²) in [5.41, 5.74) is 0.596. The highest BCUT2D eigenvalue weighted by Gasteiger charge is 2.03. The third-order valence-electron chi connectivity index (χ3n) is 2.82. The van der Waals surface area contributed by atoms with Crippen LogP contribution in [0.3, 0.4) is 0 Å². The number of carbonyl (C=O) groups excluding carboxylic acids is 2. The van der Waals surface area contributed by atoms with Crippen molar-refractivity contribution in [2.24, 2.45) is 0 Å². The van der Waals surface area contributed by atoms with Crippen molar-refractivity contribution in [3.05, 3.63) is 71.8 Å². The largest absolute Gasteiger partial charge is 0.643 e. The SMILES string of the molecule is CCCC(=O)Cl.CCCC(=O)c1ccc(F)cc1.Fc1ccccc1.[Cl][Al]([Cl])[Cl]. The van der Waals surface area contributed by atoms with Gasteiger partial charge in [0.2, 0.25) is 5.24 Å². The lowest BCUT2D eigenvalue weighted by Gasteiger charge is -1.97. The summed E-state index contributed by atoms with van der Waals surface area (Å²) in [5.74, 6) is -0.400. The van der Waals surface area contributed by atoms with Gasteiger partial charge in [0, 0.05) is 18.4 Å². The summed E-state index contributed by atoms with van der Waals surface area (Å²) in [6, 6.07) is 13.6. The molecule has 0 saturated carbocycles. The first-order valence-corrected chi connectivity index (χ1v) is 14.3. The Morgan fingerprint density at radius 3 is 1.48 bits per heavy atom. The number of halogens is 6. The van der Waals surface area contributed by atoms with Crippen LogP contribution in [0.15, 0.2) is 54.6 Å². The Hall–Kier alpha value is -0.668. The fourth-order valence-corrected chi connectivity index (χ4v) is 1.81. The van der Waals surface area contributed by atoms with Crippen molar-refractivity contribution < 1.29 is 18.4 Å². The number of ketones is 1. The van der Waals surface area contributed by atoms with Gasteiger partial charge in [-0.15, -0.1) is 0 Å². The standard InChI is InChI=1S/C10H11FO.C6H5F.C4H7ClO.Al.3ClH/c1-2-3-10(12)8-4-6-9(11)7-5-8;7-6-4-2-1-3-5-6;1-2-3-4(5)6;;;;/h4-7H,2-3H2,1H3;1-5H;2-3H2,1H3;;3*1H/q;;;+3;;;/p-3. The maximum absolute atomic E-state index is 12.4. The minimum Gasteiger partial charge on any atom is -0.294 e. The molecule has 2 aromatic carbocycles. The van der Waals surface area contributed by atoms with Crippen LogP contribution >= 0.6 is 41.7 Å². The normalized spacial score (nSPS) is 8.83. The first kappa shape index (κ1) is 30.5. The van der Waals surface area contributed by atoms with Crippen molar-refractivity contribution in [3.8, 4) is 0 Å². The molecule has 0 N–H and O–H groups in total. The maximum atomic E-state index is 12.4. The molecule has 2 aromatic rings. The summed E-state index contributed by atoms with van der Waals surface area (Å²) in [6.07, 6.45) is 2.71. The first-order chi connectivity index (χ1) is 13.6. The van der Waals surface area contributed by atoms with Crippen LogP contribution in [0.1, 0.15) is 49.9 Å². The minimum atomic E-state index is -1.72. The summed E-state index contributed by atoms with van der Waals surface area (Å²) in [6.45, 7) is 3.86. The van der Waals surface area contributed by atoms with E-state index in [2.05, 4.69) is 0 Å². The molecule has 0 aliphatic heterocycles. The van der Waals surface area contributed by atoms with E-state index in [-0.39, 0.29) is 22.7 Å². The summed E-state index contributed by atoms with van der Waals surface area (Å²) in [7, 11) is 14.8. The highest BCUT2D eigenvalue weighted by molar-refractivity contribution is 7.54. The zero-order chi connectivity index (χ0) is 22.7. The zero-order valence-electron chi connectivity index (χ0n) is 16.2. The van der Waals surface area contributed by atoms with E-state index in [1.807, 2.05) is 13.8 Å². The summed E-state index contributed by atoms with van der Waals surface area (Å²) in [5, 5.41) is -0.238.